The normalized spacial score (nSPS) is 21.4. The van der Waals surface area contributed by atoms with Gasteiger partial charge in [-0.3, -0.25) is 0 Å². The molecule has 0 radical (unpaired) electrons. The van der Waals surface area contributed by atoms with E-state index in [1.807, 2.05) is 25.1 Å². The van der Waals surface area contributed by atoms with Gasteiger partial charge in [0, 0.05) is 35.6 Å². The highest BCUT2D eigenvalue weighted by Crippen LogP contribution is 2.32. The number of aromatic nitrogens is 1. The quantitative estimate of drug-likeness (QED) is 0.886. The van der Waals surface area contributed by atoms with Gasteiger partial charge in [0.25, 0.3) is 0 Å². The maximum Gasteiger partial charge on any atom is 0.126 e. The Labute approximate surface area is 135 Å². The number of hydrogen-bond donors (Lipinski definition) is 2. The number of rotatable bonds is 5. The number of nitrogens with one attached hydrogen (secondary N) is 1. The molecule has 118 valence electrons. The third-order valence-corrected chi connectivity index (χ3v) is 4.93. The van der Waals surface area contributed by atoms with Crippen molar-refractivity contribution in [3.8, 4) is 0 Å². The predicted octanol–water partition coefficient (Wildman–Crippen LogP) is 3.40. The molecule has 22 heavy (non-hydrogen) atoms. The highest BCUT2D eigenvalue weighted by atomic mass is 35.5. The summed E-state index contributed by atoms with van der Waals surface area (Å²) in [5, 5.41) is 14.5. The van der Waals surface area contributed by atoms with Crippen LogP contribution in [-0.2, 0) is 4.74 Å². The lowest BCUT2D eigenvalue weighted by Gasteiger charge is -2.27. The van der Waals surface area contributed by atoms with Gasteiger partial charge in [-0.05, 0) is 43.5 Å². The van der Waals surface area contributed by atoms with Gasteiger partial charge in [0.05, 0.1) is 12.1 Å². The molecule has 4 nitrogen and oxygen atoms in total. The molecule has 3 rings (SSSR count). The summed E-state index contributed by atoms with van der Waals surface area (Å²) in [4.78, 5) is 4.69. The van der Waals surface area contributed by atoms with Gasteiger partial charge >= 0.3 is 0 Å². The van der Waals surface area contributed by atoms with E-state index in [-0.39, 0.29) is 12.0 Å². The van der Waals surface area contributed by atoms with Crippen molar-refractivity contribution in [1.82, 2.24) is 4.98 Å². The number of aliphatic hydroxyl groups is 1. The summed E-state index contributed by atoms with van der Waals surface area (Å²) < 4.78 is 5.52. The van der Waals surface area contributed by atoms with Crippen molar-refractivity contribution in [3.63, 3.8) is 0 Å². The first-order chi connectivity index (χ1) is 10.6. The molecule has 5 heteroatoms. The zero-order chi connectivity index (χ0) is 15.6. The minimum Gasteiger partial charge on any atom is -0.396 e. The molecule has 1 fully saturated rings. The minimum atomic E-state index is 0.00870. The van der Waals surface area contributed by atoms with Crippen LogP contribution in [0.4, 0.5) is 5.82 Å². The Morgan fingerprint density at radius 1 is 1.36 bits per heavy atom. The van der Waals surface area contributed by atoms with Crippen LogP contribution in [0, 0.1) is 12.3 Å². The summed E-state index contributed by atoms with van der Waals surface area (Å²) in [5.41, 5.74) is 1.93. The number of hydrogen-bond acceptors (Lipinski definition) is 4. The molecule has 0 saturated carbocycles. The molecule has 1 aliphatic heterocycles. The fourth-order valence-corrected chi connectivity index (χ4v) is 3.15. The first-order valence-electron chi connectivity index (χ1n) is 7.62. The number of benzene rings is 1. The van der Waals surface area contributed by atoms with Crippen molar-refractivity contribution in [2.24, 2.45) is 5.41 Å². The number of halogens is 1. The molecule has 0 bridgehead atoms. The summed E-state index contributed by atoms with van der Waals surface area (Å²) in [5.74, 6) is 0.835. The van der Waals surface area contributed by atoms with Gasteiger partial charge < -0.3 is 15.2 Å². The van der Waals surface area contributed by atoms with Crippen molar-refractivity contribution >= 4 is 28.3 Å². The molecule has 0 spiro atoms. The number of aliphatic hydroxyl groups excluding tert-OH is 1. The molecular weight excluding hydrogens is 300 g/mol. The van der Waals surface area contributed by atoms with E-state index in [0.717, 1.165) is 53.3 Å². The van der Waals surface area contributed by atoms with Crippen LogP contribution in [0.5, 0.6) is 0 Å². The summed E-state index contributed by atoms with van der Waals surface area (Å²) in [7, 11) is 0. The first kappa shape index (κ1) is 15.5. The van der Waals surface area contributed by atoms with Gasteiger partial charge in [-0.15, -0.1) is 0 Å². The van der Waals surface area contributed by atoms with Gasteiger partial charge in [-0.2, -0.15) is 0 Å². The summed E-state index contributed by atoms with van der Waals surface area (Å²) >= 11 is 6.18. The summed E-state index contributed by atoms with van der Waals surface area (Å²) in [6.45, 7) is 4.39. The standard InChI is InChI=1S/C17H21ClN2O2/c1-12-14(18)4-2-13-3-5-15(20-16(12)13)19-10-17(6-8-21)7-9-22-11-17/h2-5,21H,6-11H2,1H3,(H,19,20)/t17-/m0/s1. The van der Waals surface area contributed by atoms with Crippen LogP contribution in [0.2, 0.25) is 5.02 Å². The topological polar surface area (TPSA) is 54.4 Å². The summed E-state index contributed by atoms with van der Waals surface area (Å²) in [6, 6.07) is 7.93. The van der Waals surface area contributed by atoms with E-state index in [4.69, 9.17) is 16.3 Å². The number of aryl methyl sites for hydroxylation is 1. The van der Waals surface area contributed by atoms with E-state index in [0.29, 0.717) is 6.61 Å². The van der Waals surface area contributed by atoms with Crippen molar-refractivity contribution in [2.75, 3.05) is 31.7 Å². The molecule has 0 amide bonds. The largest absolute Gasteiger partial charge is 0.396 e. The molecule has 2 heterocycles. The van der Waals surface area contributed by atoms with Gasteiger partial charge in [0.15, 0.2) is 0 Å². The van der Waals surface area contributed by atoms with Crippen LogP contribution in [0.1, 0.15) is 18.4 Å². The molecule has 0 aliphatic carbocycles. The molecule has 1 saturated heterocycles. The van der Waals surface area contributed by atoms with Crippen LogP contribution < -0.4 is 5.32 Å². The second kappa shape index (κ2) is 6.41. The lowest BCUT2D eigenvalue weighted by Crippen LogP contribution is -2.31. The zero-order valence-electron chi connectivity index (χ0n) is 12.7. The van der Waals surface area contributed by atoms with Gasteiger partial charge in [-0.25, -0.2) is 4.98 Å². The monoisotopic (exact) mass is 320 g/mol. The first-order valence-corrected chi connectivity index (χ1v) is 8.00. The maximum absolute atomic E-state index is 9.28. The Kier molecular flexibility index (Phi) is 4.52. The molecular formula is C17H21ClN2O2. The molecule has 1 aromatic carbocycles. The highest BCUT2D eigenvalue weighted by Gasteiger charge is 2.34. The van der Waals surface area contributed by atoms with E-state index >= 15 is 0 Å². The summed E-state index contributed by atoms with van der Waals surface area (Å²) in [6.07, 6.45) is 1.72. The van der Waals surface area contributed by atoms with E-state index in [1.54, 1.807) is 0 Å². The molecule has 1 aromatic heterocycles. The fourth-order valence-electron chi connectivity index (χ4n) is 2.99. The lowest BCUT2D eigenvalue weighted by atomic mass is 9.84. The number of pyridine rings is 1. The van der Waals surface area contributed by atoms with Gasteiger partial charge in [0.2, 0.25) is 0 Å². The van der Waals surface area contributed by atoms with E-state index < -0.39 is 0 Å². The number of nitrogens with zero attached hydrogens (tertiary/aromatic N) is 1. The lowest BCUT2D eigenvalue weighted by molar-refractivity contribution is 0.133. The smallest absolute Gasteiger partial charge is 0.126 e. The average Bonchev–Trinajstić information content (AvgIpc) is 2.99. The Bertz CT molecular complexity index is 669. The molecule has 0 unspecified atom stereocenters. The van der Waals surface area contributed by atoms with Crippen molar-refractivity contribution in [2.45, 2.75) is 19.8 Å². The number of fused-ring (bicyclic) bond motifs is 1. The Morgan fingerprint density at radius 3 is 2.91 bits per heavy atom. The van der Waals surface area contributed by atoms with Crippen molar-refractivity contribution in [1.29, 1.82) is 0 Å². The second-order valence-electron chi connectivity index (χ2n) is 6.07. The van der Waals surface area contributed by atoms with E-state index in [2.05, 4.69) is 16.4 Å². The van der Waals surface area contributed by atoms with Crippen molar-refractivity contribution in [3.05, 3.63) is 34.9 Å². The second-order valence-corrected chi connectivity index (χ2v) is 6.48. The molecule has 2 N–H and O–H groups in total. The van der Waals surface area contributed by atoms with Gasteiger partial charge in [0.1, 0.15) is 5.82 Å². The maximum atomic E-state index is 9.28. The Morgan fingerprint density at radius 2 is 2.18 bits per heavy atom. The number of anilines is 1. The SMILES string of the molecule is Cc1c(Cl)ccc2ccc(NC[C@]3(CCO)CCOC3)nc12. The van der Waals surface area contributed by atoms with Crippen LogP contribution in [0.3, 0.4) is 0 Å². The zero-order valence-corrected chi connectivity index (χ0v) is 13.5. The third-order valence-electron chi connectivity index (χ3n) is 4.52. The third kappa shape index (κ3) is 3.05. The molecule has 1 aliphatic rings. The number of ether oxygens (including phenoxy) is 1. The van der Waals surface area contributed by atoms with E-state index in [1.165, 1.54) is 0 Å². The fraction of sp³-hybridized carbons (Fsp3) is 0.471. The molecule has 1 atom stereocenters. The Balaban J connectivity index is 1.80. The van der Waals surface area contributed by atoms with Crippen molar-refractivity contribution < 1.29 is 9.84 Å². The van der Waals surface area contributed by atoms with Crippen LogP contribution in [0.15, 0.2) is 24.3 Å². The van der Waals surface area contributed by atoms with E-state index in [9.17, 15) is 5.11 Å². The Hall–Kier alpha value is -1.36. The van der Waals surface area contributed by atoms with Gasteiger partial charge in [-0.1, -0.05) is 17.7 Å². The van der Waals surface area contributed by atoms with Crippen LogP contribution >= 0.6 is 11.6 Å². The molecule has 2 aromatic rings. The van der Waals surface area contributed by atoms with Crippen LogP contribution in [-0.4, -0.2) is 36.5 Å². The average molecular weight is 321 g/mol. The minimum absolute atomic E-state index is 0.00870. The van der Waals surface area contributed by atoms with Crippen LogP contribution in [0.25, 0.3) is 10.9 Å². The predicted molar refractivity (Wildman–Crippen MR) is 89.6 cm³/mol. The highest BCUT2D eigenvalue weighted by molar-refractivity contribution is 6.32.